The van der Waals surface area contributed by atoms with Crippen LogP contribution in [0.15, 0.2) is 53.4 Å². The predicted molar refractivity (Wildman–Crippen MR) is 136 cm³/mol. The molecule has 35 heavy (non-hydrogen) atoms. The van der Waals surface area contributed by atoms with Gasteiger partial charge in [0, 0.05) is 12.6 Å². The number of hydrogen-bond donors (Lipinski definition) is 1. The zero-order valence-corrected chi connectivity index (χ0v) is 22.0. The Morgan fingerprint density at radius 1 is 1.00 bits per heavy atom. The third kappa shape index (κ3) is 3.67. The maximum absolute atomic E-state index is 13.8. The average Bonchev–Trinajstić information content (AvgIpc) is 3.31. The van der Waals surface area contributed by atoms with E-state index in [-0.39, 0.29) is 28.6 Å². The summed E-state index contributed by atoms with van der Waals surface area (Å²) in [7, 11) is -3.68. The van der Waals surface area contributed by atoms with Crippen LogP contribution in [0.25, 0.3) is 0 Å². The number of benzene rings is 2. The van der Waals surface area contributed by atoms with Crippen LogP contribution in [-0.2, 0) is 21.2 Å². The van der Waals surface area contributed by atoms with E-state index < -0.39 is 10.0 Å². The van der Waals surface area contributed by atoms with E-state index in [4.69, 9.17) is 9.47 Å². The lowest BCUT2D eigenvalue weighted by Crippen LogP contribution is -2.58. The van der Waals surface area contributed by atoms with E-state index >= 15 is 0 Å². The van der Waals surface area contributed by atoms with Gasteiger partial charge in [-0.25, -0.2) is 13.1 Å². The molecule has 0 unspecified atom stereocenters. The van der Waals surface area contributed by atoms with Gasteiger partial charge >= 0.3 is 0 Å². The minimum atomic E-state index is -3.68. The van der Waals surface area contributed by atoms with Crippen molar-refractivity contribution < 1.29 is 17.9 Å². The molecular formula is C29H37NO4S. The molecular weight excluding hydrogens is 458 g/mol. The zero-order chi connectivity index (χ0) is 24.6. The highest BCUT2D eigenvalue weighted by atomic mass is 32.2. The van der Waals surface area contributed by atoms with Gasteiger partial charge in [0.25, 0.3) is 0 Å². The van der Waals surface area contributed by atoms with Crippen molar-refractivity contribution in [3.8, 4) is 5.75 Å². The van der Waals surface area contributed by atoms with Crippen molar-refractivity contribution in [3.05, 3.63) is 59.7 Å². The van der Waals surface area contributed by atoms with Crippen LogP contribution in [0.2, 0.25) is 0 Å². The van der Waals surface area contributed by atoms with Crippen LogP contribution < -0.4 is 9.46 Å². The van der Waals surface area contributed by atoms with E-state index in [2.05, 4.69) is 56.7 Å². The summed E-state index contributed by atoms with van der Waals surface area (Å²) >= 11 is 0. The second-order valence-corrected chi connectivity index (χ2v) is 14.1. The fourth-order valence-corrected chi connectivity index (χ4v) is 9.25. The van der Waals surface area contributed by atoms with Gasteiger partial charge in [0.1, 0.15) is 11.4 Å². The molecule has 6 rings (SSSR count). The van der Waals surface area contributed by atoms with E-state index in [1.807, 2.05) is 18.2 Å². The number of nitrogens with one attached hydrogen (secondary N) is 1. The number of fused-ring (bicyclic) bond motifs is 2. The maximum Gasteiger partial charge on any atom is 0.240 e. The number of hydrogen-bond acceptors (Lipinski definition) is 4. The number of ether oxygens (including phenoxy) is 2. The first-order valence-electron chi connectivity index (χ1n) is 13.0. The van der Waals surface area contributed by atoms with Gasteiger partial charge < -0.3 is 9.47 Å². The van der Waals surface area contributed by atoms with Crippen molar-refractivity contribution in [3.63, 3.8) is 0 Å². The van der Waals surface area contributed by atoms with Crippen molar-refractivity contribution >= 4 is 10.0 Å². The summed E-state index contributed by atoms with van der Waals surface area (Å²) in [5.41, 5.74) is 1.78. The first-order chi connectivity index (χ1) is 16.5. The Balaban J connectivity index is 1.32. The summed E-state index contributed by atoms with van der Waals surface area (Å²) in [6.45, 7) is 9.33. The lowest BCUT2D eigenvalue weighted by molar-refractivity contribution is -0.118. The molecule has 2 bridgehead atoms. The quantitative estimate of drug-likeness (QED) is 0.595. The molecule has 1 N–H and O–H groups in total. The predicted octanol–water partition coefficient (Wildman–Crippen LogP) is 5.65. The second kappa shape index (κ2) is 7.80. The summed E-state index contributed by atoms with van der Waals surface area (Å²) in [6, 6.07) is 15.7. The summed E-state index contributed by atoms with van der Waals surface area (Å²) in [5, 5.41) is 0. The Kier molecular flexibility index (Phi) is 5.24. The smallest absolute Gasteiger partial charge is 0.240 e. The van der Waals surface area contributed by atoms with Crippen molar-refractivity contribution in [1.29, 1.82) is 0 Å². The van der Waals surface area contributed by atoms with Gasteiger partial charge in [-0.2, -0.15) is 0 Å². The van der Waals surface area contributed by atoms with Crippen molar-refractivity contribution in [1.82, 2.24) is 4.72 Å². The fraction of sp³-hybridized carbons (Fsp3) is 0.586. The van der Waals surface area contributed by atoms with Gasteiger partial charge in [-0.05, 0) is 97.9 Å². The van der Waals surface area contributed by atoms with Crippen LogP contribution in [0.3, 0.4) is 0 Å². The number of sulfonamides is 1. The molecule has 2 aromatic rings. The molecule has 2 aliphatic carbocycles. The number of aryl methyl sites for hydroxylation is 1. The van der Waals surface area contributed by atoms with E-state index in [1.54, 1.807) is 6.07 Å². The normalized spacial score (nSPS) is 34.6. The Hall–Kier alpha value is -1.89. The van der Waals surface area contributed by atoms with Crippen LogP contribution in [0, 0.1) is 22.7 Å². The van der Waals surface area contributed by atoms with Gasteiger partial charge in [-0.3, -0.25) is 0 Å². The molecule has 0 radical (unpaired) electrons. The lowest BCUT2D eigenvalue weighted by atomic mass is 9.59. The average molecular weight is 496 g/mol. The van der Waals surface area contributed by atoms with Crippen LogP contribution in [0.4, 0.5) is 0 Å². The molecule has 2 aliphatic heterocycles. The Morgan fingerprint density at radius 2 is 1.77 bits per heavy atom. The molecule has 2 saturated carbocycles. The summed E-state index contributed by atoms with van der Waals surface area (Å²) in [5.74, 6) is 1.60. The monoisotopic (exact) mass is 495 g/mol. The Bertz CT molecular complexity index is 1240. The summed E-state index contributed by atoms with van der Waals surface area (Å²) in [4.78, 5) is 0.345. The third-order valence-electron chi connectivity index (χ3n) is 9.63. The molecule has 4 aliphatic rings. The van der Waals surface area contributed by atoms with Gasteiger partial charge in [0.2, 0.25) is 10.0 Å². The second-order valence-electron chi connectivity index (χ2n) is 12.4. The fourth-order valence-electron chi connectivity index (χ4n) is 7.72. The zero-order valence-electron chi connectivity index (χ0n) is 21.2. The first kappa shape index (κ1) is 23.5. The SMILES string of the molecule is CC1(C)CCc2cc(S(=O)(=O)N[C@H]3C(C)(C)[C@@H]4C[C@@H]5[C@@H](c6ccccc6)OCC[C@@]53C4)ccc2O1. The van der Waals surface area contributed by atoms with Gasteiger partial charge in [0.05, 0.1) is 11.0 Å². The van der Waals surface area contributed by atoms with Crippen molar-refractivity contribution in [2.75, 3.05) is 6.61 Å². The summed E-state index contributed by atoms with van der Waals surface area (Å²) in [6.07, 6.45) is 4.79. The lowest BCUT2D eigenvalue weighted by Gasteiger charge is -2.53. The molecule has 0 amide bonds. The molecule has 2 heterocycles. The van der Waals surface area contributed by atoms with Crippen LogP contribution in [-0.4, -0.2) is 26.7 Å². The van der Waals surface area contributed by atoms with E-state index in [0.717, 1.165) is 43.4 Å². The molecule has 0 aromatic heterocycles. The van der Waals surface area contributed by atoms with Gasteiger partial charge in [-0.15, -0.1) is 0 Å². The molecule has 2 aromatic carbocycles. The molecule has 3 fully saturated rings. The molecule has 6 heteroatoms. The van der Waals surface area contributed by atoms with E-state index in [0.29, 0.717) is 23.3 Å². The van der Waals surface area contributed by atoms with Crippen LogP contribution in [0.5, 0.6) is 5.75 Å². The van der Waals surface area contributed by atoms with Gasteiger partial charge in [-0.1, -0.05) is 44.2 Å². The van der Waals surface area contributed by atoms with Gasteiger partial charge in [0.15, 0.2) is 0 Å². The summed E-state index contributed by atoms with van der Waals surface area (Å²) < 4.78 is 43.3. The highest BCUT2D eigenvalue weighted by Gasteiger charge is 2.68. The number of rotatable bonds is 4. The molecule has 188 valence electrons. The molecule has 5 atom stereocenters. The van der Waals surface area contributed by atoms with E-state index in [1.165, 1.54) is 5.56 Å². The van der Waals surface area contributed by atoms with Crippen LogP contribution in [0.1, 0.15) is 70.6 Å². The molecule has 1 saturated heterocycles. The standard InChI is InChI=1S/C29H37NO4S/c1-27(2)13-12-20-16-22(10-11-24(20)34-27)35(31,32)30-26-28(3,4)21-17-23-25(19-8-6-5-7-9-19)33-15-14-29(23,26)18-21/h5-11,16,21,23,25-26,30H,12-15,17-18H2,1-4H3/t21-,23-,25-,26+,29-/m1/s1. The minimum absolute atomic E-state index is 0.0299. The van der Waals surface area contributed by atoms with Crippen molar-refractivity contribution in [2.24, 2.45) is 22.7 Å². The maximum atomic E-state index is 13.8. The Morgan fingerprint density at radius 3 is 2.54 bits per heavy atom. The minimum Gasteiger partial charge on any atom is -0.488 e. The first-order valence-corrected chi connectivity index (χ1v) is 14.5. The largest absolute Gasteiger partial charge is 0.488 e. The van der Waals surface area contributed by atoms with Crippen molar-refractivity contribution in [2.45, 2.75) is 82.4 Å². The topological polar surface area (TPSA) is 64.6 Å². The van der Waals surface area contributed by atoms with E-state index in [9.17, 15) is 8.42 Å². The third-order valence-corrected chi connectivity index (χ3v) is 11.1. The Labute approximate surface area is 209 Å². The highest BCUT2D eigenvalue weighted by molar-refractivity contribution is 7.89. The molecule has 1 spiro atoms. The highest BCUT2D eigenvalue weighted by Crippen LogP contribution is 2.70. The van der Waals surface area contributed by atoms with Crippen LogP contribution >= 0.6 is 0 Å². The molecule has 5 nitrogen and oxygen atoms in total.